The van der Waals surface area contributed by atoms with Crippen molar-refractivity contribution < 1.29 is 22.7 Å². The van der Waals surface area contributed by atoms with Gasteiger partial charge in [0.2, 0.25) is 5.91 Å². The lowest BCUT2D eigenvalue weighted by Gasteiger charge is -2.31. The highest BCUT2D eigenvalue weighted by Crippen LogP contribution is 2.35. The molecule has 2 aliphatic heterocycles. The minimum Gasteiger partial charge on any atom is -0.381 e. The van der Waals surface area contributed by atoms with Gasteiger partial charge in [-0.2, -0.15) is 0 Å². The standard InChI is InChI=1S/C20H22F3N3O2S/c1-25(12-4-6-28-7-5-12)17(27)9-15-16-8-11(10-26(16)20(29)24-15)18-13(21)2-3-14(22)19(18)23/h2-3,11-12H,4-10H2,1H3,(H,24,29). The molecule has 9 heteroatoms. The molecule has 2 aromatic rings. The first-order valence-corrected chi connectivity index (χ1v) is 10.0. The first kappa shape index (κ1) is 20.2. The van der Waals surface area contributed by atoms with E-state index in [2.05, 4.69) is 4.98 Å². The van der Waals surface area contributed by atoms with Crippen LogP contribution < -0.4 is 0 Å². The summed E-state index contributed by atoms with van der Waals surface area (Å²) >= 11 is 5.34. The second-order valence-corrected chi connectivity index (χ2v) is 8.04. The van der Waals surface area contributed by atoms with Crippen LogP contribution in [0.2, 0.25) is 0 Å². The molecule has 2 aliphatic rings. The van der Waals surface area contributed by atoms with E-state index in [1.165, 1.54) is 0 Å². The van der Waals surface area contributed by atoms with Crippen LogP contribution in [0.1, 0.15) is 35.7 Å². The summed E-state index contributed by atoms with van der Waals surface area (Å²) < 4.78 is 49.6. The number of aromatic nitrogens is 2. The molecule has 1 atom stereocenters. The van der Waals surface area contributed by atoms with E-state index >= 15 is 0 Å². The molecule has 0 aliphatic carbocycles. The highest BCUT2D eigenvalue weighted by molar-refractivity contribution is 7.71. The third-order valence-corrected chi connectivity index (χ3v) is 6.29. The number of likely N-dealkylation sites (N-methyl/N-ethyl adjacent to an activating group) is 1. The van der Waals surface area contributed by atoms with E-state index in [-0.39, 0.29) is 36.9 Å². The van der Waals surface area contributed by atoms with Crippen molar-refractivity contribution >= 4 is 18.1 Å². The van der Waals surface area contributed by atoms with E-state index in [0.717, 1.165) is 30.7 Å². The van der Waals surface area contributed by atoms with Crippen LogP contribution in [0.4, 0.5) is 13.2 Å². The molecular formula is C20H22F3N3O2S. The maximum absolute atomic E-state index is 14.2. The second kappa shape index (κ2) is 7.95. The molecule has 1 saturated heterocycles. The number of fused-ring (bicyclic) bond motifs is 1. The molecule has 1 aromatic carbocycles. The monoisotopic (exact) mass is 425 g/mol. The second-order valence-electron chi connectivity index (χ2n) is 7.65. The lowest BCUT2D eigenvalue weighted by atomic mass is 9.95. The van der Waals surface area contributed by atoms with Gasteiger partial charge >= 0.3 is 0 Å². The Morgan fingerprint density at radius 1 is 1.28 bits per heavy atom. The number of nitrogens with one attached hydrogen (secondary N) is 1. The zero-order valence-corrected chi connectivity index (χ0v) is 16.8. The maximum Gasteiger partial charge on any atom is 0.228 e. The van der Waals surface area contributed by atoms with E-state index in [4.69, 9.17) is 17.0 Å². The van der Waals surface area contributed by atoms with Gasteiger partial charge in [0.05, 0.1) is 6.42 Å². The molecule has 1 fully saturated rings. The number of carbonyl (C=O) groups is 1. The molecule has 1 N–H and O–H groups in total. The molecule has 3 heterocycles. The van der Waals surface area contributed by atoms with E-state index < -0.39 is 23.4 Å². The highest BCUT2D eigenvalue weighted by atomic mass is 32.1. The summed E-state index contributed by atoms with van der Waals surface area (Å²) in [6.45, 7) is 1.52. The number of amides is 1. The molecular weight excluding hydrogens is 403 g/mol. The van der Waals surface area contributed by atoms with Crippen LogP contribution in [0.3, 0.4) is 0 Å². The fourth-order valence-electron chi connectivity index (χ4n) is 4.31. The molecule has 0 spiro atoms. The fraction of sp³-hybridized carbons (Fsp3) is 0.500. The van der Waals surface area contributed by atoms with Crippen LogP contribution in [0, 0.1) is 22.2 Å². The van der Waals surface area contributed by atoms with Gasteiger partial charge in [-0.25, -0.2) is 13.2 Å². The van der Waals surface area contributed by atoms with Gasteiger partial charge in [-0.05, 0) is 43.6 Å². The van der Waals surface area contributed by atoms with Crippen LogP contribution in [-0.4, -0.2) is 46.7 Å². The van der Waals surface area contributed by atoms with Crippen molar-refractivity contribution in [1.82, 2.24) is 14.5 Å². The van der Waals surface area contributed by atoms with Gasteiger partial charge in [0, 0.05) is 55.7 Å². The van der Waals surface area contributed by atoms with Gasteiger partial charge in [-0.1, -0.05) is 0 Å². The van der Waals surface area contributed by atoms with Crippen molar-refractivity contribution in [3.8, 4) is 0 Å². The number of hydrogen-bond acceptors (Lipinski definition) is 3. The Bertz CT molecular complexity index is 998. The SMILES string of the molecule is CN(C(=O)Cc1[nH]c(=S)n2c1CC(c1c(F)ccc(F)c1F)C2)C1CCOCC1. The van der Waals surface area contributed by atoms with Gasteiger partial charge in [0.25, 0.3) is 0 Å². The average Bonchev–Trinajstić information content (AvgIpc) is 3.26. The van der Waals surface area contributed by atoms with Crippen LogP contribution in [0.25, 0.3) is 0 Å². The number of nitrogens with zero attached hydrogens (tertiary/aromatic N) is 2. The predicted octanol–water partition coefficient (Wildman–Crippen LogP) is 3.48. The lowest BCUT2D eigenvalue weighted by molar-refractivity contribution is -0.132. The minimum absolute atomic E-state index is 0.0527. The highest BCUT2D eigenvalue weighted by Gasteiger charge is 2.33. The average molecular weight is 425 g/mol. The first-order valence-electron chi connectivity index (χ1n) is 9.64. The van der Waals surface area contributed by atoms with Crippen LogP contribution in [0.15, 0.2) is 12.1 Å². The largest absolute Gasteiger partial charge is 0.381 e. The molecule has 4 rings (SSSR count). The molecule has 1 amide bonds. The number of aromatic amines is 1. The van der Waals surface area contributed by atoms with Crippen molar-refractivity contribution in [2.75, 3.05) is 20.3 Å². The summed E-state index contributed by atoms with van der Waals surface area (Å²) in [4.78, 5) is 17.6. The van der Waals surface area contributed by atoms with Crippen molar-refractivity contribution in [3.05, 3.63) is 51.3 Å². The van der Waals surface area contributed by atoms with Gasteiger partial charge in [-0.15, -0.1) is 0 Å². The van der Waals surface area contributed by atoms with Crippen LogP contribution in [-0.2, 0) is 28.9 Å². The van der Waals surface area contributed by atoms with Crippen molar-refractivity contribution in [2.24, 2.45) is 0 Å². The van der Waals surface area contributed by atoms with E-state index in [1.807, 2.05) is 0 Å². The number of carbonyl (C=O) groups excluding carboxylic acids is 1. The van der Waals surface area contributed by atoms with Gasteiger partial charge in [0.1, 0.15) is 5.82 Å². The molecule has 156 valence electrons. The Morgan fingerprint density at radius 3 is 2.69 bits per heavy atom. The third-order valence-electron chi connectivity index (χ3n) is 5.97. The van der Waals surface area contributed by atoms with E-state index in [0.29, 0.717) is 23.7 Å². The van der Waals surface area contributed by atoms with Crippen LogP contribution >= 0.6 is 12.2 Å². The zero-order valence-electron chi connectivity index (χ0n) is 16.0. The number of H-pyrrole nitrogens is 1. The van der Waals surface area contributed by atoms with E-state index in [1.54, 1.807) is 16.5 Å². The topological polar surface area (TPSA) is 50.3 Å². The lowest BCUT2D eigenvalue weighted by Crippen LogP contribution is -2.41. The third kappa shape index (κ3) is 3.73. The summed E-state index contributed by atoms with van der Waals surface area (Å²) in [5.41, 5.74) is 1.13. The summed E-state index contributed by atoms with van der Waals surface area (Å²) in [5.74, 6) is -3.63. The summed E-state index contributed by atoms with van der Waals surface area (Å²) in [5, 5.41) is 0. The molecule has 1 unspecified atom stereocenters. The maximum atomic E-state index is 14.2. The van der Waals surface area contributed by atoms with Gasteiger partial charge in [0.15, 0.2) is 16.4 Å². The number of hydrogen-bond donors (Lipinski definition) is 1. The first-order chi connectivity index (χ1) is 13.9. The molecule has 5 nitrogen and oxygen atoms in total. The van der Waals surface area contributed by atoms with Gasteiger partial charge in [-0.3, -0.25) is 4.79 Å². The Balaban J connectivity index is 1.54. The Labute approximate surface area is 171 Å². The summed E-state index contributed by atoms with van der Waals surface area (Å²) in [7, 11) is 1.78. The van der Waals surface area contributed by atoms with Crippen LogP contribution in [0.5, 0.6) is 0 Å². The normalized spacial score (nSPS) is 19.4. The molecule has 1 aromatic heterocycles. The zero-order chi connectivity index (χ0) is 20.7. The predicted molar refractivity (Wildman–Crippen MR) is 103 cm³/mol. The molecule has 29 heavy (non-hydrogen) atoms. The van der Waals surface area contributed by atoms with Gasteiger partial charge < -0.3 is 19.2 Å². The van der Waals surface area contributed by atoms with Crippen molar-refractivity contribution in [1.29, 1.82) is 0 Å². The summed E-state index contributed by atoms with van der Waals surface area (Å²) in [6.07, 6.45) is 2.01. The number of halogens is 3. The molecule has 0 saturated carbocycles. The number of ether oxygens (including phenoxy) is 1. The number of rotatable bonds is 4. The number of imidazole rings is 1. The number of benzene rings is 1. The van der Waals surface area contributed by atoms with E-state index in [9.17, 15) is 18.0 Å². The molecule has 0 bridgehead atoms. The smallest absolute Gasteiger partial charge is 0.228 e. The summed E-state index contributed by atoms with van der Waals surface area (Å²) in [6, 6.07) is 1.86. The van der Waals surface area contributed by atoms with Crippen molar-refractivity contribution in [3.63, 3.8) is 0 Å². The Hall–Kier alpha value is -2.13. The fourth-order valence-corrected chi connectivity index (χ4v) is 4.62. The van der Waals surface area contributed by atoms with Crippen molar-refractivity contribution in [2.45, 2.75) is 44.2 Å². The minimum atomic E-state index is -1.16. The Morgan fingerprint density at radius 2 is 1.97 bits per heavy atom. The quantitative estimate of drug-likeness (QED) is 0.603. The molecule has 0 radical (unpaired) electrons. The Kier molecular flexibility index (Phi) is 5.52.